The van der Waals surface area contributed by atoms with Crippen molar-refractivity contribution in [1.82, 2.24) is 10.2 Å². The first-order valence-corrected chi connectivity index (χ1v) is 10.4. The third kappa shape index (κ3) is 7.64. The summed E-state index contributed by atoms with van der Waals surface area (Å²) in [4.78, 5) is 12.5. The number of ether oxygens (including phenoxy) is 2. The third-order valence-corrected chi connectivity index (χ3v) is 4.97. The van der Waals surface area contributed by atoms with Crippen molar-refractivity contribution >= 4 is 21.6 Å². The molecular formula is C21H28BrN3O4. The van der Waals surface area contributed by atoms with Crippen molar-refractivity contribution in [3.05, 3.63) is 62.1 Å². The first kappa shape index (κ1) is 23.1. The molecule has 0 amide bonds. The van der Waals surface area contributed by atoms with E-state index in [1.165, 1.54) is 12.1 Å². The smallest absolute Gasteiger partial charge is 0.269 e. The van der Waals surface area contributed by atoms with E-state index in [2.05, 4.69) is 40.2 Å². The van der Waals surface area contributed by atoms with Crippen LogP contribution in [0.2, 0.25) is 0 Å². The summed E-state index contributed by atoms with van der Waals surface area (Å²) in [5, 5.41) is 14.2. The molecule has 7 nitrogen and oxygen atoms in total. The van der Waals surface area contributed by atoms with Crippen LogP contribution in [-0.2, 0) is 13.2 Å². The van der Waals surface area contributed by atoms with Gasteiger partial charge in [-0.2, -0.15) is 0 Å². The Bertz CT molecular complexity index is 797. The molecule has 0 aliphatic rings. The fourth-order valence-electron chi connectivity index (χ4n) is 2.71. The molecule has 2 aromatic rings. The van der Waals surface area contributed by atoms with Gasteiger partial charge < -0.3 is 19.7 Å². The fraction of sp³-hybridized carbons (Fsp3) is 0.429. The highest BCUT2D eigenvalue weighted by molar-refractivity contribution is 9.10. The average molecular weight is 466 g/mol. The summed E-state index contributed by atoms with van der Waals surface area (Å²) >= 11 is 3.62. The maximum Gasteiger partial charge on any atom is 0.269 e. The van der Waals surface area contributed by atoms with E-state index in [4.69, 9.17) is 9.47 Å². The standard InChI is InChI=1S/C21H28BrN3O4/c1-4-28-20-12-17(14-23-10-5-11-24(2)3)19(22)13-21(20)29-15-16-6-8-18(9-7-16)25(26)27/h6-9,12-13,23H,4-5,10-11,14-15H2,1-3H3. The van der Waals surface area contributed by atoms with Crippen LogP contribution in [-0.4, -0.2) is 43.6 Å². The maximum atomic E-state index is 10.8. The SMILES string of the molecule is CCOc1cc(CNCCCN(C)C)c(Br)cc1OCc1ccc([N+](=O)[O-])cc1. The summed E-state index contributed by atoms with van der Waals surface area (Å²) in [5.74, 6) is 1.32. The fourth-order valence-corrected chi connectivity index (χ4v) is 3.17. The van der Waals surface area contributed by atoms with Gasteiger partial charge in [-0.15, -0.1) is 0 Å². The molecule has 2 rings (SSSR count). The van der Waals surface area contributed by atoms with Crippen molar-refractivity contribution in [2.75, 3.05) is 33.8 Å². The molecule has 0 saturated carbocycles. The van der Waals surface area contributed by atoms with Crippen LogP contribution in [0.1, 0.15) is 24.5 Å². The first-order valence-electron chi connectivity index (χ1n) is 9.57. The molecule has 0 aliphatic heterocycles. The van der Waals surface area contributed by atoms with E-state index in [0.717, 1.165) is 41.7 Å². The zero-order chi connectivity index (χ0) is 21.2. The van der Waals surface area contributed by atoms with Gasteiger partial charge in [-0.05, 0) is 75.9 Å². The quantitative estimate of drug-likeness (QED) is 0.284. The number of hydrogen-bond acceptors (Lipinski definition) is 6. The molecule has 0 atom stereocenters. The summed E-state index contributed by atoms with van der Waals surface area (Å²) in [6.07, 6.45) is 1.08. The van der Waals surface area contributed by atoms with Crippen molar-refractivity contribution in [1.29, 1.82) is 0 Å². The lowest BCUT2D eigenvalue weighted by atomic mass is 10.2. The molecule has 0 fully saturated rings. The average Bonchev–Trinajstić information content (AvgIpc) is 2.68. The molecule has 0 unspecified atom stereocenters. The number of rotatable bonds is 12. The summed E-state index contributed by atoms with van der Waals surface area (Å²) in [6, 6.07) is 10.2. The molecule has 0 radical (unpaired) electrons. The predicted molar refractivity (Wildman–Crippen MR) is 118 cm³/mol. The maximum absolute atomic E-state index is 10.8. The van der Waals surface area contributed by atoms with E-state index < -0.39 is 4.92 Å². The number of benzene rings is 2. The zero-order valence-corrected chi connectivity index (χ0v) is 18.7. The molecule has 0 saturated heterocycles. The number of nitrogens with one attached hydrogen (secondary N) is 1. The van der Waals surface area contributed by atoms with E-state index in [1.807, 2.05) is 19.1 Å². The van der Waals surface area contributed by atoms with Crippen LogP contribution < -0.4 is 14.8 Å². The summed E-state index contributed by atoms with van der Waals surface area (Å²) in [7, 11) is 4.14. The van der Waals surface area contributed by atoms with E-state index in [1.54, 1.807) is 12.1 Å². The van der Waals surface area contributed by atoms with Gasteiger partial charge in [0.25, 0.3) is 5.69 Å². The van der Waals surface area contributed by atoms with Crippen molar-refractivity contribution in [2.45, 2.75) is 26.5 Å². The Labute approximate surface area is 180 Å². The Kier molecular flexibility index (Phi) is 9.37. The monoisotopic (exact) mass is 465 g/mol. The van der Waals surface area contributed by atoms with Crippen molar-refractivity contribution in [2.24, 2.45) is 0 Å². The van der Waals surface area contributed by atoms with Crippen LogP contribution in [0, 0.1) is 10.1 Å². The summed E-state index contributed by atoms with van der Waals surface area (Å²) < 4.78 is 12.6. The van der Waals surface area contributed by atoms with Crippen LogP contribution in [0.3, 0.4) is 0 Å². The van der Waals surface area contributed by atoms with Crippen LogP contribution in [0.25, 0.3) is 0 Å². The zero-order valence-electron chi connectivity index (χ0n) is 17.1. The van der Waals surface area contributed by atoms with Crippen LogP contribution >= 0.6 is 15.9 Å². The molecule has 2 aromatic carbocycles. The van der Waals surface area contributed by atoms with E-state index in [9.17, 15) is 10.1 Å². The lowest BCUT2D eigenvalue weighted by Gasteiger charge is -2.16. The van der Waals surface area contributed by atoms with Gasteiger partial charge >= 0.3 is 0 Å². The first-order chi connectivity index (χ1) is 13.9. The number of nitro benzene ring substituents is 1. The van der Waals surface area contributed by atoms with Crippen LogP contribution in [0.15, 0.2) is 40.9 Å². The van der Waals surface area contributed by atoms with Gasteiger partial charge in [0, 0.05) is 23.2 Å². The van der Waals surface area contributed by atoms with E-state index in [0.29, 0.717) is 24.7 Å². The van der Waals surface area contributed by atoms with Gasteiger partial charge in [-0.3, -0.25) is 10.1 Å². The van der Waals surface area contributed by atoms with Gasteiger partial charge in [0.15, 0.2) is 11.5 Å². The molecular weight excluding hydrogens is 438 g/mol. The van der Waals surface area contributed by atoms with Crippen molar-refractivity contribution < 1.29 is 14.4 Å². The molecule has 8 heteroatoms. The number of hydrogen-bond donors (Lipinski definition) is 1. The Morgan fingerprint density at radius 3 is 2.45 bits per heavy atom. The second kappa shape index (κ2) is 11.7. The number of nitro groups is 1. The minimum Gasteiger partial charge on any atom is -0.490 e. The van der Waals surface area contributed by atoms with Gasteiger partial charge in [0.05, 0.1) is 11.5 Å². The molecule has 158 valence electrons. The Morgan fingerprint density at radius 1 is 1.14 bits per heavy atom. The van der Waals surface area contributed by atoms with Gasteiger partial charge in [-0.1, -0.05) is 15.9 Å². The number of halogens is 1. The molecule has 0 heterocycles. The molecule has 0 aromatic heterocycles. The lowest BCUT2D eigenvalue weighted by Crippen LogP contribution is -2.21. The van der Waals surface area contributed by atoms with Gasteiger partial charge in [0.1, 0.15) is 6.61 Å². The topological polar surface area (TPSA) is 76.9 Å². The summed E-state index contributed by atoms with van der Waals surface area (Å²) in [5.41, 5.74) is 2.01. The molecule has 0 aliphatic carbocycles. The highest BCUT2D eigenvalue weighted by atomic mass is 79.9. The number of non-ortho nitro benzene ring substituents is 1. The molecule has 29 heavy (non-hydrogen) atoms. The van der Waals surface area contributed by atoms with Gasteiger partial charge in [-0.25, -0.2) is 0 Å². The Morgan fingerprint density at radius 2 is 1.83 bits per heavy atom. The lowest BCUT2D eigenvalue weighted by molar-refractivity contribution is -0.384. The predicted octanol–water partition coefficient (Wildman–Crippen LogP) is 4.38. The Hall–Kier alpha value is -2.16. The molecule has 0 bridgehead atoms. The minimum atomic E-state index is -0.414. The summed E-state index contributed by atoms with van der Waals surface area (Å²) in [6.45, 7) is 5.48. The van der Waals surface area contributed by atoms with Crippen LogP contribution in [0.4, 0.5) is 5.69 Å². The highest BCUT2D eigenvalue weighted by Gasteiger charge is 2.12. The normalized spacial score (nSPS) is 10.9. The second-order valence-corrected chi connectivity index (χ2v) is 7.72. The van der Waals surface area contributed by atoms with Gasteiger partial charge in [0.2, 0.25) is 0 Å². The number of nitrogens with zero attached hydrogens (tertiary/aromatic N) is 2. The largest absolute Gasteiger partial charge is 0.490 e. The van der Waals surface area contributed by atoms with Crippen molar-refractivity contribution in [3.63, 3.8) is 0 Å². The van der Waals surface area contributed by atoms with Crippen molar-refractivity contribution in [3.8, 4) is 11.5 Å². The second-order valence-electron chi connectivity index (χ2n) is 6.87. The van der Waals surface area contributed by atoms with E-state index >= 15 is 0 Å². The van der Waals surface area contributed by atoms with E-state index in [-0.39, 0.29) is 5.69 Å². The molecule has 0 spiro atoms. The highest BCUT2D eigenvalue weighted by Crippen LogP contribution is 2.34. The van der Waals surface area contributed by atoms with Crippen LogP contribution in [0.5, 0.6) is 11.5 Å². The Balaban J connectivity index is 2.01. The minimum absolute atomic E-state index is 0.0638. The third-order valence-electron chi connectivity index (χ3n) is 4.23. The molecule has 1 N–H and O–H groups in total.